The second kappa shape index (κ2) is 10.6. The molecule has 0 saturated carbocycles. The van der Waals surface area contributed by atoms with Gasteiger partial charge in [-0.15, -0.1) is 0 Å². The molecule has 4 rings (SSSR count). The number of methoxy groups -OCH3 is 1. The number of rotatable bonds is 6. The van der Waals surface area contributed by atoms with Gasteiger partial charge >= 0.3 is 6.09 Å². The van der Waals surface area contributed by atoms with Crippen LogP contribution in [0.1, 0.15) is 31.9 Å². The van der Waals surface area contributed by atoms with Crippen molar-refractivity contribution in [2.24, 2.45) is 0 Å². The van der Waals surface area contributed by atoms with Gasteiger partial charge in [0.25, 0.3) is 0 Å². The van der Waals surface area contributed by atoms with E-state index in [4.69, 9.17) is 9.47 Å². The van der Waals surface area contributed by atoms with Crippen LogP contribution < -0.4 is 4.90 Å². The largest absolute Gasteiger partial charge is 0.444 e. The quantitative estimate of drug-likeness (QED) is 0.533. The highest BCUT2D eigenvalue weighted by Crippen LogP contribution is 2.19. The van der Waals surface area contributed by atoms with Crippen molar-refractivity contribution in [1.29, 1.82) is 0 Å². The SMILES string of the molecule is COC[C@H]1CN(c2ncc(/C=C/c3ccc(-n4ccnc4)nc3)cn2)CCN1C(=O)OC(C)(C)C. The highest BCUT2D eigenvalue weighted by Gasteiger charge is 2.34. The third-order valence-corrected chi connectivity index (χ3v) is 5.42. The molecule has 10 heteroatoms. The molecule has 184 valence electrons. The Kier molecular flexibility index (Phi) is 7.40. The van der Waals surface area contributed by atoms with Gasteiger partial charge in [0.05, 0.1) is 12.6 Å². The Balaban J connectivity index is 1.38. The van der Waals surface area contributed by atoms with Gasteiger partial charge in [-0.2, -0.15) is 0 Å². The number of carbonyl (C=O) groups excluding carboxylic acids is 1. The smallest absolute Gasteiger partial charge is 0.410 e. The van der Waals surface area contributed by atoms with Gasteiger partial charge in [0.15, 0.2) is 0 Å². The normalized spacial score (nSPS) is 16.6. The van der Waals surface area contributed by atoms with Crippen molar-refractivity contribution in [3.8, 4) is 5.82 Å². The topological polar surface area (TPSA) is 98.5 Å². The van der Waals surface area contributed by atoms with Gasteiger partial charge in [0.2, 0.25) is 5.95 Å². The Bertz CT molecular complexity index is 1120. The van der Waals surface area contributed by atoms with Crippen LogP contribution in [-0.2, 0) is 9.47 Å². The van der Waals surface area contributed by atoms with Gasteiger partial charge < -0.3 is 14.4 Å². The molecule has 10 nitrogen and oxygen atoms in total. The first-order valence-electron chi connectivity index (χ1n) is 11.5. The van der Waals surface area contributed by atoms with E-state index in [1.54, 1.807) is 43.1 Å². The van der Waals surface area contributed by atoms with Crippen molar-refractivity contribution in [3.05, 3.63) is 60.6 Å². The Labute approximate surface area is 205 Å². The van der Waals surface area contributed by atoms with Gasteiger partial charge in [0, 0.05) is 63.3 Å². The van der Waals surface area contributed by atoms with Crippen LogP contribution in [0.15, 0.2) is 49.4 Å². The maximum absolute atomic E-state index is 12.6. The van der Waals surface area contributed by atoms with Gasteiger partial charge in [-0.25, -0.2) is 24.7 Å². The van der Waals surface area contributed by atoms with Crippen LogP contribution in [0.3, 0.4) is 0 Å². The van der Waals surface area contributed by atoms with Crippen molar-refractivity contribution in [3.63, 3.8) is 0 Å². The molecule has 0 N–H and O–H groups in total. The lowest BCUT2D eigenvalue weighted by Crippen LogP contribution is -2.58. The number of aromatic nitrogens is 5. The van der Waals surface area contributed by atoms with Crippen molar-refractivity contribution in [2.75, 3.05) is 38.3 Å². The van der Waals surface area contributed by atoms with Crippen LogP contribution in [-0.4, -0.2) is 80.5 Å². The first-order chi connectivity index (χ1) is 16.8. The number of anilines is 1. The molecular formula is C25H31N7O3. The van der Waals surface area contributed by atoms with E-state index in [1.165, 1.54) is 0 Å². The highest BCUT2D eigenvalue weighted by molar-refractivity contribution is 5.70. The molecule has 3 aromatic heterocycles. The number of hydrogen-bond donors (Lipinski definition) is 0. The molecule has 1 atom stereocenters. The lowest BCUT2D eigenvalue weighted by atomic mass is 10.2. The zero-order valence-corrected chi connectivity index (χ0v) is 20.5. The van der Waals surface area contributed by atoms with Crippen LogP contribution >= 0.6 is 0 Å². The zero-order chi connectivity index (χ0) is 24.8. The molecule has 0 bridgehead atoms. The Morgan fingerprint density at radius 1 is 1.09 bits per heavy atom. The molecular weight excluding hydrogens is 446 g/mol. The van der Waals surface area contributed by atoms with E-state index in [0.717, 1.165) is 16.9 Å². The van der Waals surface area contributed by atoms with Gasteiger partial charge in [-0.05, 0) is 38.5 Å². The number of pyridine rings is 1. The standard InChI is InChI=1S/C25H31N7O3/c1-25(2,3)35-24(33)32-12-11-30(16-21(32)17-34-4)23-28-14-20(15-29-23)6-5-19-7-8-22(27-13-19)31-10-9-26-18-31/h5-10,13-15,18,21H,11-12,16-17H2,1-4H3/b6-5+/t21-/m1/s1. The first kappa shape index (κ1) is 24.3. The average molecular weight is 478 g/mol. The summed E-state index contributed by atoms with van der Waals surface area (Å²) in [5.41, 5.74) is 1.31. The number of carbonyl (C=O) groups is 1. The van der Waals surface area contributed by atoms with Gasteiger partial charge in [0.1, 0.15) is 17.7 Å². The van der Waals surface area contributed by atoms with E-state index in [9.17, 15) is 4.79 Å². The Morgan fingerprint density at radius 3 is 2.46 bits per heavy atom. The highest BCUT2D eigenvalue weighted by atomic mass is 16.6. The molecule has 35 heavy (non-hydrogen) atoms. The van der Waals surface area contributed by atoms with Crippen LogP contribution in [0.2, 0.25) is 0 Å². The molecule has 0 spiro atoms. The first-order valence-corrected chi connectivity index (χ1v) is 11.5. The summed E-state index contributed by atoms with van der Waals surface area (Å²) < 4.78 is 12.8. The number of ether oxygens (including phenoxy) is 2. The van der Waals surface area contributed by atoms with Crippen molar-refractivity contribution >= 4 is 24.2 Å². The number of amides is 1. The zero-order valence-electron chi connectivity index (χ0n) is 20.5. The summed E-state index contributed by atoms with van der Waals surface area (Å²) in [5, 5.41) is 0. The summed E-state index contributed by atoms with van der Waals surface area (Å²) in [6.45, 7) is 7.69. The molecule has 1 saturated heterocycles. The fraction of sp³-hybridized carbons (Fsp3) is 0.400. The number of hydrogen-bond acceptors (Lipinski definition) is 8. The Hall–Kier alpha value is -3.79. The minimum absolute atomic E-state index is 0.149. The average Bonchev–Trinajstić information content (AvgIpc) is 3.38. The van der Waals surface area contributed by atoms with E-state index >= 15 is 0 Å². The predicted molar refractivity (Wildman–Crippen MR) is 133 cm³/mol. The third-order valence-electron chi connectivity index (χ3n) is 5.42. The minimum atomic E-state index is -0.545. The van der Waals surface area contributed by atoms with Crippen LogP contribution in [0.5, 0.6) is 0 Å². The molecule has 1 aliphatic heterocycles. The van der Waals surface area contributed by atoms with Gasteiger partial charge in [-0.1, -0.05) is 12.2 Å². The second-order valence-electron chi connectivity index (χ2n) is 9.30. The summed E-state index contributed by atoms with van der Waals surface area (Å²) in [4.78, 5) is 34.0. The fourth-order valence-corrected chi connectivity index (χ4v) is 3.75. The molecule has 0 radical (unpaired) electrons. The minimum Gasteiger partial charge on any atom is -0.444 e. The van der Waals surface area contributed by atoms with Crippen LogP contribution in [0.4, 0.5) is 10.7 Å². The molecule has 0 aliphatic carbocycles. The Morgan fingerprint density at radius 2 is 1.83 bits per heavy atom. The number of piperazine rings is 1. The summed E-state index contributed by atoms with van der Waals surface area (Å²) in [7, 11) is 1.63. The number of nitrogens with zero attached hydrogens (tertiary/aromatic N) is 7. The summed E-state index contributed by atoms with van der Waals surface area (Å²) in [5.74, 6) is 1.43. The monoisotopic (exact) mass is 477 g/mol. The summed E-state index contributed by atoms with van der Waals surface area (Å²) in [6.07, 6.45) is 14.3. The molecule has 0 unspecified atom stereocenters. The summed E-state index contributed by atoms with van der Waals surface area (Å²) in [6, 6.07) is 3.78. The van der Waals surface area contributed by atoms with E-state index in [2.05, 4.69) is 24.8 Å². The molecule has 3 aromatic rings. The van der Waals surface area contributed by atoms with Crippen LogP contribution in [0, 0.1) is 0 Å². The maximum atomic E-state index is 12.6. The van der Waals surface area contributed by atoms with E-state index in [0.29, 0.717) is 32.2 Å². The molecule has 0 aromatic carbocycles. The van der Waals surface area contributed by atoms with Gasteiger partial charge in [-0.3, -0.25) is 9.47 Å². The third kappa shape index (κ3) is 6.42. The summed E-state index contributed by atoms with van der Waals surface area (Å²) >= 11 is 0. The maximum Gasteiger partial charge on any atom is 0.410 e. The van der Waals surface area contributed by atoms with E-state index in [1.807, 2.05) is 55.8 Å². The predicted octanol–water partition coefficient (Wildman–Crippen LogP) is 3.30. The molecule has 1 fully saturated rings. The van der Waals surface area contributed by atoms with Crippen molar-refractivity contribution in [2.45, 2.75) is 32.4 Å². The van der Waals surface area contributed by atoms with Crippen molar-refractivity contribution in [1.82, 2.24) is 29.4 Å². The lowest BCUT2D eigenvalue weighted by molar-refractivity contribution is 0.00332. The fourth-order valence-electron chi connectivity index (χ4n) is 3.75. The van der Waals surface area contributed by atoms with Crippen molar-refractivity contribution < 1.29 is 14.3 Å². The van der Waals surface area contributed by atoms with Crippen LogP contribution in [0.25, 0.3) is 18.0 Å². The molecule has 4 heterocycles. The number of imidazole rings is 1. The second-order valence-corrected chi connectivity index (χ2v) is 9.30. The lowest BCUT2D eigenvalue weighted by Gasteiger charge is -2.41. The molecule has 1 aliphatic rings. The van der Waals surface area contributed by atoms with E-state index in [-0.39, 0.29) is 12.1 Å². The van der Waals surface area contributed by atoms with E-state index < -0.39 is 5.60 Å². The molecule has 1 amide bonds.